The highest BCUT2D eigenvalue weighted by Crippen LogP contribution is 2.25. The summed E-state index contributed by atoms with van der Waals surface area (Å²) in [6, 6.07) is 3.05. The third-order valence-corrected chi connectivity index (χ3v) is 4.81. The van der Waals surface area contributed by atoms with E-state index >= 15 is 0 Å². The largest absolute Gasteiger partial charge is 0.310 e. The average molecular weight is 353 g/mol. The number of hydrogen-bond donors (Lipinski definition) is 1. The lowest BCUT2D eigenvalue weighted by atomic mass is 10.2. The van der Waals surface area contributed by atoms with Crippen LogP contribution < -0.4 is 5.32 Å². The van der Waals surface area contributed by atoms with Crippen LogP contribution >= 0.6 is 15.9 Å². The van der Waals surface area contributed by atoms with Gasteiger partial charge in [0.15, 0.2) is 0 Å². The van der Waals surface area contributed by atoms with Crippen LogP contribution in [0.4, 0.5) is 4.39 Å². The predicted molar refractivity (Wildman–Crippen MR) is 76.9 cm³/mol. The average Bonchev–Trinajstić information content (AvgIpc) is 2.29. The third-order valence-electron chi connectivity index (χ3n) is 2.54. The van der Waals surface area contributed by atoms with Crippen LogP contribution in [-0.2, 0) is 16.6 Å². The monoisotopic (exact) mass is 352 g/mol. The lowest BCUT2D eigenvalue weighted by Crippen LogP contribution is -2.25. The topological polar surface area (TPSA) is 49.4 Å². The smallest absolute Gasteiger partial charge is 0.245 e. The SMILES string of the molecule is CC(C)NCc1cc(Br)cc(S(=O)(=O)N(C)C)c1F. The molecule has 0 spiro atoms. The van der Waals surface area contributed by atoms with Gasteiger partial charge in [-0.2, -0.15) is 0 Å². The van der Waals surface area contributed by atoms with E-state index in [4.69, 9.17) is 0 Å². The summed E-state index contributed by atoms with van der Waals surface area (Å²) >= 11 is 3.22. The molecule has 1 aromatic carbocycles. The minimum absolute atomic E-state index is 0.187. The van der Waals surface area contributed by atoms with Crippen molar-refractivity contribution in [3.63, 3.8) is 0 Å². The van der Waals surface area contributed by atoms with Gasteiger partial charge in [-0.05, 0) is 12.1 Å². The van der Waals surface area contributed by atoms with Gasteiger partial charge in [-0.3, -0.25) is 0 Å². The summed E-state index contributed by atoms with van der Waals surface area (Å²) < 4.78 is 39.9. The molecule has 1 aromatic rings. The van der Waals surface area contributed by atoms with Gasteiger partial charge in [-0.25, -0.2) is 17.1 Å². The van der Waals surface area contributed by atoms with Crippen molar-refractivity contribution >= 4 is 26.0 Å². The van der Waals surface area contributed by atoms with Crippen molar-refractivity contribution in [1.82, 2.24) is 9.62 Å². The zero-order valence-electron chi connectivity index (χ0n) is 11.4. The summed E-state index contributed by atoms with van der Waals surface area (Å²) in [5, 5.41) is 3.07. The van der Waals surface area contributed by atoms with Gasteiger partial charge in [-0.1, -0.05) is 29.8 Å². The Morgan fingerprint density at radius 2 is 1.95 bits per heavy atom. The van der Waals surface area contributed by atoms with Gasteiger partial charge in [0.2, 0.25) is 10.0 Å². The Bertz CT molecular complexity index is 559. The van der Waals surface area contributed by atoms with Crippen LogP contribution in [0.5, 0.6) is 0 Å². The first-order chi connectivity index (χ1) is 8.66. The molecular weight excluding hydrogens is 335 g/mol. The van der Waals surface area contributed by atoms with Gasteiger partial charge < -0.3 is 5.32 Å². The van der Waals surface area contributed by atoms with Crippen LogP contribution in [0.25, 0.3) is 0 Å². The molecule has 0 heterocycles. The molecule has 4 nitrogen and oxygen atoms in total. The lowest BCUT2D eigenvalue weighted by Gasteiger charge is -2.15. The van der Waals surface area contributed by atoms with Gasteiger partial charge in [-0.15, -0.1) is 0 Å². The molecule has 0 saturated heterocycles. The summed E-state index contributed by atoms with van der Waals surface area (Å²) in [5.74, 6) is -0.704. The number of nitrogens with zero attached hydrogens (tertiary/aromatic N) is 1. The van der Waals surface area contributed by atoms with Crippen molar-refractivity contribution in [3.8, 4) is 0 Å². The van der Waals surface area contributed by atoms with Gasteiger partial charge in [0.25, 0.3) is 0 Å². The van der Waals surface area contributed by atoms with Gasteiger partial charge in [0.05, 0.1) is 0 Å². The van der Waals surface area contributed by atoms with Crippen molar-refractivity contribution < 1.29 is 12.8 Å². The molecule has 0 aromatic heterocycles. The molecule has 0 atom stereocenters. The Morgan fingerprint density at radius 3 is 2.42 bits per heavy atom. The minimum atomic E-state index is -3.79. The molecule has 0 aliphatic rings. The fraction of sp³-hybridized carbons (Fsp3) is 0.500. The zero-order chi connectivity index (χ0) is 14.8. The van der Waals surface area contributed by atoms with E-state index in [2.05, 4.69) is 21.2 Å². The second-order valence-corrected chi connectivity index (χ2v) is 7.74. The molecule has 0 bridgehead atoms. The van der Waals surface area contributed by atoms with Crippen molar-refractivity contribution in [2.24, 2.45) is 0 Å². The first kappa shape index (κ1) is 16.6. The maximum absolute atomic E-state index is 14.3. The number of nitrogens with one attached hydrogen (secondary N) is 1. The van der Waals surface area contributed by atoms with E-state index in [9.17, 15) is 12.8 Å². The van der Waals surface area contributed by atoms with E-state index in [-0.39, 0.29) is 17.5 Å². The first-order valence-electron chi connectivity index (χ1n) is 5.80. The molecule has 0 aliphatic carbocycles. The van der Waals surface area contributed by atoms with E-state index in [1.54, 1.807) is 6.07 Å². The molecule has 108 valence electrons. The molecule has 1 rings (SSSR count). The summed E-state index contributed by atoms with van der Waals surface area (Å²) in [5.41, 5.74) is 0.323. The third kappa shape index (κ3) is 3.98. The molecule has 0 amide bonds. The van der Waals surface area contributed by atoms with Crippen molar-refractivity contribution in [1.29, 1.82) is 0 Å². The molecule has 0 radical (unpaired) electrons. The van der Waals surface area contributed by atoms with Crippen LogP contribution in [0.3, 0.4) is 0 Å². The number of benzene rings is 1. The van der Waals surface area contributed by atoms with Crippen LogP contribution in [0.1, 0.15) is 19.4 Å². The Labute approximate surface area is 122 Å². The van der Waals surface area contributed by atoms with Gasteiger partial charge in [0.1, 0.15) is 10.7 Å². The molecule has 1 N–H and O–H groups in total. The van der Waals surface area contributed by atoms with Crippen LogP contribution in [0.2, 0.25) is 0 Å². The number of sulfonamides is 1. The van der Waals surface area contributed by atoms with Crippen LogP contribution in [-0.4, -0.2) is 32.9 Å². The van der Waals surface area contributed by atoms with E-state index in [0.29, 0.717) is 10.0 Å². The summed E-state index contributed by atoms with van der Waals surface area (Å²) in [6.45, 7) is 4.15. The normalized spacial score (nSPS) is 12.4. The van der Waals surface area contributed by atoms with Crippen LogP contribution in [0, 0.1) is 5.82 Å². The summed E-state index contributed by atoms with van der Waals surface area (Å²) in [4.78, 5) is -0.313. The molecule has 19 heavy (non-hydrogen) atoms. The molecule has 7 heteroatoms. The standard InChI is InChI=1S/C12H18BrFN2O2S/c1-8(2)15-7-9-5-10(13)6-11(12(9)14)19(17,18)16(3)4/h5-6,8,15H,7H2,1-4H3. The Hall–Kier alpha value is -0.500. The van der Waals surface area contributed by atoms with Crippen molar-refractivity contribution in [2.75, 3.05) is 14.1 Å². The van der Waals surface area contributed by atoms with E-state index in [1.165, 1.54) is 20.2 Å². The number of halogens is 2. The minimum Gasteiger partial charge on any atom is -0.310 e. The molecular formula is C12H18BrFN2O2S. The Balaban J connectivity index is 3.28. The molecule has 0 saturated carbocycles. The second-order valence-electron chi connectivity index (χ2n) is 4.70. The predicted octanol–water partition coefficient (Wildman–Crippen LogP) is 2.34. The van der Waals surface area contributed by atoms with Crippen molar-refractivity contribution in [3.05, 3.63) is 28.0 Å². The Morgan fingerprint density at radius 1 is 1.37 bits per heavy atom. The van der Waals surface area contributed by atoms with Gasteiger partial charge >= 0.3 is 0 Å². The Kier molecular flexibility index (Phi) is 5.49. The second kappa shape index (κ2) is 6.30. The number of hydrogen-bond acceptors (Lipinski definition) is 3. The van der Waals surface area contributed by atoms with E-state index in [1.807, 2.05) is 13.8 Å². The molecule has 0 unspecified atom stereocenters. The number of rotatable bonds is 5. The maximum Gasteiger partial charge on any atom is 0.245 e. The fourth-order valence-corrected chi connectivity index (χ4v) is 3.13. The molecule has 0 aliphatic heterocycles. The first-order valence-corrected chi connectivity index (χ1v) is 8.03. The van der Waals surface area contributed by atoms with E-state index in [0.717, 1.165) is 4.31 Å². The van der Waals surface area contributed by atoms with Crippen LogP contribution in [0.15, 0.2) is 21.5 Å². The molecule has 0 fully saturated rings. The summed E-state index contributed by atoms with van der Waals surface area (Å²) in [6.07, 6.45) is 0. The maximum atomic E-state index is 14.3. The fourth-order valence-electron chi connectivity index (χ4n) is 1.45. The van der Waals surface area contributed by atoms with Crippen molar-refractivity contribution in [2.45, 2.75) is 31.3 Å². The quantitative estimate of drug-likeness (QED) is 0.884. The summed E-state index contributed by atoms with van der Waals surface area (Å²) in [7, 11) is -1.04. The highest BCUT2D eigenvalue weighted by Gasteiger charge is 2.24. The highest BCUT2D eigenvalue weighted by atomic mass is 79.9. The lowest BCUT2D eigenvalue weighted by molar-refractivity contribution is 0.500. The van der Waals surface area contributed by atoms with Gasteiger partial charge in [0, 0.05) is 36.7 Å². The highest BCUT2D eigenvalue weighted by molar-refractivity contribution is 9.10. The van der Waals surface area contributed by atoms with E-state index < -0.39 is 15.8 Å². The zero-order valence-corrected chi connectivity index (χ0v) is 13.8.